The first-order valence-electron chi connectivity index (χ1n) is 32.3. The van der Waals surface area contributed by atoms with E-state index < -0.39 is 31.9 Å². The highest BCUT2D eigenvalue weighted by Crippen LogP contribution is 2.34. The van der Waals surface area contributed by atoms with Crippen LogP contribution in [0.3, 0.4) is 0 Å². The molecule has 36 heteroatoms. The number of imide groups is 5. The Morgan fingerprint density at radius 1 is 0.407 bits per heavy atom. The van der Waals surface area contributed by atoms with E-state index in [2.05, 4.69) is 58.2 Å². The number of hydrogen-bond donors (Lipinski definition) is 9. The number of methoxy groups -OCH3 is 5. The summed E-state index contributed by atoms with van der Waals surface area (Å²) in [7, 11) is 16.5. The van der Waals surface area contributed by atoms with Gasteiger partial charge in [0.2, 0.25) is 35.4 Å². The van der Waals surface area contributed by atoms with E-state index in [9.17, 15) is 67.6 Å². The number of nitro groups is 1. The van der Waals surface area contributed by atoms with Crippen molar-refractivity contribution in [3.8, 4) is 28.7 Å². The number of benzene rings is 7. The number of amides is 13. The number of urea groups is 1. The molecule has 108 heavy (non-hydrogen) atoms. The highest BCUT2D eigenvalue weighted by Gasteiger charge is 2.36. The van der Waals surface area contributed by atoms with Gasteiger partial charge in [0.1, 0.15) is 23.0 Å². The van der Waals surface area contributed by atoms with Gasteiger partial charge in [0.15, 0.2) is 5.75 Å². The van der Waals surface area contributed by atoms with Crippen molar-refractivity contribution in [2.75, 3.05) is 57.2 Å². The van der Waals surface area contributed by atoms with E-state index in [0.717, 1.165) is 92.4 Å². The van der Waals surface area contributed by atoms with Crippen LogP contribution in [0.4, 0.5) is 57.2 Å². The SMILES string of the molecule is COc1ccc(CC2SC(=O)NC2=O)cc1.COc1ccc(CC2SC(=O)NC2=O)cc1N.COc1ccc(CC2SC(=O)NC2=O)cc1NC(=O)Cc1ccccc1.COc1ccc(CC2SC(=O)NC2=O)cc1NC(=O)Nc1ccccc1.COc1ccc(CC2SC(=O)NC2=O)cc1[N+](=O)[O-].[B]C.[B]C. The van der Waals surface area contributed by atoms with Crippen molar-refractivity contribution in [2.45, 2.75) is 78.4 Å². The lowest BCUT2D eigenvalue weighted by Gasteiger charge is -2.13. The zero-order valence-corrected chi connectivity index (χ0v) is 63.2. The van der Waals surface area contributed by atoms with Crippen LogP contribution < -0.4 is 72.0 Å². The molecule has 7 aromatic carbocycles. The van der Waals surface area contributed by atoms with Gasteiger partial charge in [-0.25, -0.2) is 4.79 Å². The Hall–Kier alpha value is -10.9. The van der Waals surface area contributed by atoms with E-state index in [-0.39, 0.29) is 91.2 Å². The van der Waals surface area contributed by atoms with Gasteiger partial charge < -0.3 is 45.4 Å². The molecule has 29 nitrogen and oxygen atoms in total. The fraction of sp³-hybridized carbons (Fsp3) is 0.250. The minimum atomic E-state index is -0.546. The Bertz CT molecular complexity index is 4260. The lowest BCUT2D eigenvalue weighted by atomic mass is 10.1. The van der Waals surface area contributed by atoms with Crippen molar-refractivity contribution in [2.24, 2.45) is 0 Å². The summed E-state index contributed by atoms with van der Waals surface area (Å²) in [5.74, 6) is 1.03. The first-order valence-corrected chi connectivity index (χ1v) is 36.7. The number of para-hydroxylation sites is 1. The third-order valence-electron chi connectivity index (χ3n) is 15.1. The number of carbonyl (C=O) groups is 12. The third-order valence-corrected chi connectivity index (χ3v) is 20.0. The standard InChI is InChI=1S/C19H18N2O4S.C18H17N3O4S.C11H10N2O5S.C11H12N2O3S.C11H11NO3S.2CH3B/c1-25-15-8-7-13(10-16-18(23)21-19(24)26-16)9-14(15)20-17(22)11-12-5-3-2-4-6-12;1-25-14-8-7-11(10-15-16(22)21-18(24)26-15)9-13(14)20-17(23)19-12-5-3-2-4-6-12;1-18-8-3-2-6(4-7(8)13(16)17)5-9-10(14)12-11(15)19-9;1-16-8-3-2-6(4-7(8)12)5-9-10(14)13-11(15)17-9;1-15-8-4-2-7(3-5-8)6-9-10(13)12-11(14)16-9;2*1-2/h2-9,16H,10-11H2,1H3,(H,20,22)(H,21,23,24);2-9,15H,10H2,1H3,(H2,19,20,23)(H,21,22,24);2-4,9H,5H2,1H3,(H,12,14,15);2-4,9H,5,12H2,1H3,(H,13,14,15);2-5,9H,6H2,1H3,(H,12,13,14);2*1H3. The predicted molar refractivity (Wildman–Crippen MR) is 420 cm³/mol. The van der Waals surface area contributed by atoms with Crippen molar-refractivity contribution in [3.63, 3.8) is 0 Å². The Labute approximate surface area is 645 Å². The summed E-state index contributed by atoms with van der Waals surface area (Å²) in [6.07, 6.45) is 2.33. The minimum Gasteiger partial charge on any atom is -0.497 e. The van der Waals surface area contributed by atoms with E-state index in [1.54, 1.807) is 74.9 Å². The number of anilines is 4. The maximum absolute atomic E-state index is 12.3. The molecule has 0 aromatic heterocycles. The van der Waals surface area contributed by atoms with E-state index in [1.807, 2.05) is 84.9 Å². The molecule has 5 unspecified atom stereocenters. The second-order valence-electron chi connectivity index (χ2n) is 22.3. The molecule has 562 valence electrons. The van der Waals surface area contributed by atoms with Crippen molar-refractivity contribution >= 4 is 171 Å². The van der Waals surface area contributed by atoms with Crippen LogP contribution in [0.25, 0.3) is 0 Å². The van der Waals surface area contributed by atoms with Crippen molar-refractivity contribution in [3.05, 3.63) is 201 Å². The largest absolute Gasteiger partial charge is 0.497 e. The number of carbonyl (C=O) groups excluding carboxylic acids is 12. The van der Waals surface area contributed by atoms with Crippen LogP contribution in [0.1, 0.15) is 33.4 Å². The quantitative estimate of drug-likeness (QED) is 0.0140. The first kappa shape index (κ1) is 86.0. The van der Waals surface area contributed by atoms with Gasteiger partial charge in [-0.1, -0.05) is 157 Å². The minimum absolute atomic E-state index is 0.158. The molecule has 7 aromatic rings. The fourth-order valence-electron chi connectivity index (χ4n) is 10.1. The molecule has 5 heterocycles. The van der Waals surface area contributed by atoms with Crippen LogP contribution in [-0.2, 0) is 67.3 Å². The van der Waals surface area contributed by atoms with Crippen molar-refractivity contribution in [1.82, 2.24) is 26.6 Å². The predicted octanol–water partition coefficient (Wildman–Crippen LogP) is 10.7. The van der Waals surface area contributed by atoms with Crippen LogP contribution >= 0.6 is 58.8 Å². The van der Waals surface area contributed by atoms with Gasteiger partial charge in [0.05, 0.1) is 106 Å². The molecule has 5 atom stereocenters. The van der Waals surface area contributed by atoms with E-state index >= 15 is 0 Å². The van der Waals surface area contributed by atoms with Gasteiger partial charge in [-0.3, -0.25) is 89.4 Å². The van der Waals surface area contributed by atoms with Gasteiger partial charge in [0, 0.05) is 11.8 Å². The summed E-state index contributed by atoms with van der Waals surface area (Å²) < 4.78 is 25.6. The molecule has 0 aliphatic carbocycles. The average molecular weight is 1570 g/mol. The number of nitro benzene ring substituents is 1. The molecule has 5 fully saturated rings. The average Bonchev–Trinajstić information content (AvgIpc) is 1.35. The lowest BCUT2D eigenvalue weighted by Crippen LogP contribution is -2.25. The Kier molecular flexibility index (Phi) is 34.7. The number of hydrogen-bond acceptors (Lipinski definition) is 25. The van der Waals surface area contributed by atoms with Crippen molar-refractivity contribution < 1.29 is 86.1 Å². The van der Waals surface area contributed by atoms with Gasteiger partial charge in [-0.05, 0) is 132 Å². The van der Waals surface area contributed by atoms with Crippen molar-refractivity contribution in [1.29, 1.82) is 0 Å². The number of ether oxygens (including phenoxy) is 5. The zero-order valence-electron chi connectivity index (χ0n) is 59.1. The summed E-state index contributed by atoms with van der Waals surface area (Å²) >= 11 is 4.90. The van der Waals surface area contributed by atoms with Gasteiger partial charge in [-0.2, -0.15) is 0 Å². The molecule has 4 radical (unpaired) electrons. The second-order valence-corrected chi connectivity index (χ2v) is 28.2. The Balaban J connectivity index is 0.000000211. The number of nitrogens with two attached hydrogens (primary N) is 1. The maximum atomic E-state index is 12.3. The van der Waals surface area contributed by atoms with Crippen LogP contribution in [0, 0.1) is 10.1 Å². The monoisotopic (exact) mass is 1560 g/mol. The number of nitrogens with one attached hydrogen (secondary N) is 8. The first-order chi connectivity index (χ1) is 51.9. The molecule has 5 aliphatic heterocycles. The number of rotatable bonds is 21. The maximum Gasteiger partial charge on any atom is 0.323 e. The van der Waals surface area contributed by atoms with Crippen LogP contribution in [0.15, 0.2) is 158 Å². The normalized spacial score (nSPS) is 17.0. The molecule has 13 amide bonds. The van der Waals surface area contributed by atoms with Crippen LogP contribution in [-0.4, -0.2) is 150 Å². The molecule has 10 N–H and O–H groups in total. The van der Waals surface area contributed by atoms with Gasteiger partial charge in [-0.15, -0.1) is 0 Å². The van der Waals surface area contributed by atoms with Gasteiger partial charge in [0.25, 0.3) is 26.2 Å². The molecule has 12 rings (SSSR count). The molecule has 0 spiro atoms. The number of nitrogens with zero attached hydrogens (tertiary/aromatic N) is 1. The molecule has 0 saturated carbocycles. The van der Waals surface area contributed by atoms with Crippen LogP contribution in [0.2, 0.25) is 13.6 Å². The summed E-state index contributed by atoms with van der Waals surface area (Å²) in [6, 6.07) is 46.0. The molecular weight excluding hydrogens is 1490 g/mol. The summed E-state index contributed by atoms with van der Waals surface area (Å²) in [5, 5.41) is 26.7. The zero-order chi connectivity index (χ0) is 79.0. The third kappa shape index (κ3) is 26.8. The summed E-state index contributed by atoms with van der Waals surface area (Å²) in [5.41, 5.74) is 12.9. The highest BCUT2D eigenvalue weighted by molar-refractivity contribution is 8.16. The van der Waals surface area contributed by atoms with E-state index in [1.165, 1.54) is 47.1 Å². The second kappa shape index (κ2) is 43.6. The number of nitrogen functional groups attached to an aromatic ring is 1. The van der Waals surface area contributed by atoms with Crippen LogP contribution in [0.5, 0.6) is 28.7 Å². The van der Waals surface area contributed by atoms with E-state index in [4.69, 9.17) is 29.4 Å². The van der Waals surface area contributed by atoms with E-state index in [0.29, 0.717) is 71.2 Å². The topological polar surface area (TPSA) is 416 Å². The Morgan fingerprint density at radius 3 is 1.09 bits per heavy atom. The lowest BCUT2D eigenvalue weighted by molar-refractivity contribution is -0.385. The summed E-state index contributed by atoms with van der Waals surface area (Å²) in [4.78, 5) is 148. The fourth-order valence-corrected chi connectivity index (χ4v) is 14.4. The molecule has 0 bridgehead atoms. The van der Waals surface area contributed by atoms with Gasteiger partial charge >= 0.3 is 11.7 Å². The highest BCUT2D eigenvalue weighted by atomic mass is 32.2. The molecule has 5 saturated heterocycles. The number of thioether (sulfide) groups is 5. The Morgan fingerprint density at radius 2 is 0.741 bits per heavy atom. The molecule has 5 aliphatic rings. The smallest absolute Gasteiger partial charge is 0.323 e. The molecular formula is C72H74B2N10O19S5. The summed E-state index contributed by atoms with van der Waals surface area (Å²) in [6.45, 7) is 3.00.